The molecule has 2 rings (SSSR count). The first-order chi connectivity index (χ1) is 9.10. The lowest BCUT2D eigenvalue weighted by atomic mass is 9.79. The van der Waals surface area contributed by atoms with Crippen molar-refractivity contribution in [1.29, 1.82) is 0 Å². The predicted octanol–water partition coefficient (Wildman–Crippen LogP) is 2.36. The highest BCUT2D eigenvalue weighted by Crippen LogP contribution is 2.36. The minimum absolute atomic E-state index is 0.1000. The van der Waals surface area contributed by atoms with Gasteiger partial charge in [0.1, 0.15) is 5.75 Å². The fourth-order valence-corrected chi connectivity index (χ4v) is 2.10. The summed E-state index contributed by atoms with van der Waals surface area (Å²) < 4.78 is 17.8. The Hall–Kier alpha value is -1.20. The molecule has 1 aromatic rings. The molecule has 5 heteroatoms. The van der Waals surface area contributed by atoms with E-state index in [2.05, 4.69) is 0 Å². The zero-order chi connectivity index (χ0) is 15.1. The Morgan fingerprint density at radius 2 is 1.60 bits per heavy atom. The average Bonchev–Trinajstić information content (AvgIpc) is 2.46. The van der Waals surface area contributed by atoms with Crippen LogP contribution in [0, 0.1) is 0 Å². The van der Waals surface area contributed by atoms with E-state index in [9.17, 15) is 0 Å². The van der Waals surface area contributed by atoms with Crippen LogP contribution >= 0.6 is 0 Å². The molecule has 0 spiro atoms. The Labute approximate surface area is 121 Å². The molecule has 110 valence electrons. The Morgan fingerprint density at radius 1 is 1.05 bits per heavy atom. The van der Waals surface area contributed by atoms with Crippen molar-refractivity contribution < 1.29 is 14.0 Å². The smallest absolute Gasteiger partial charge is 0.491 e. The van der Waals surface area contributed by atoms with Gasteiger partial charge in [-0.1, -0.05) is 0 Å². The normalized spacial score (nSPS) is 20.4. The number of hydrogen-bond donors (Lipinski definition) is 1. The summed E-state index contributed by atoms with van der Waals surface area (Å²) in [6, 6.07) is 5.61. The third-order valence-corrected chi connectivity index (χ3v) is 3.85. The molecule has 0 radical (unpaired) electrons. The van der Waals surface area contributed by atoms with Crippen LogP contribution in [0.4, 0.5) is 5.69 Å². The van der Waals surface area contributed by atoms with Crippen molar-refractivity contribution in [2.75, 3.05) is 5.73 Å². The molecule has 20 heavy (non-hydrogen) atoms. The number of ether oxygens (including phenoxy) is 1. The molecule has 1 aliphatic heterocycles. The van der Waals surface area contributed by atoms with Crippen molar-refractivity contribution in [2.45, 2.75) is 58.8 Å². The molecular formula is C15H24BNO3. The molecule has 1 aliphatic rings. The summed E-state index contributed by atoms with van der Waals surface area (Å²) in [7, 11) is -0.419. The molecule has 0 amide bonds. The summed E-state index contributed by atoms with van der Waals surface area (Å²) in [6.45, 7) is 12.1. The highest BCUT2D eigenvalue weighted by atomic mass is 16.7. The van der Waals surface area contributed by atoms with Gasteiger partial charge in [0.05, 0.1) is 17.3 Å². The Balaban J connectivity index is 2.28. The largest absolute Gasteiger partial charge is 0.495 e. The molecule has 1 heterocycles. The lowest BCUT2D eigenvalue weighted by molar-refractivity contribution is 0.00578. The first-order valence-electron chi connectivity index (χ1n) is 7.03. The standard InChI is InChI=1S/C15H24BNO3/c1-10(2)18-13-8-11(7-12(17)9-13)16-19-14(3,4)15(5,6)20-16/h7-10H,17H2,1-6H3. The van der Waals surface area contributed by atoms with Crippen molar-refractivity contribution >= 4 is 18.3 Å². The van der Waals surface area contributed by atoms with Crippen LogP contribution in [0.3, 0.4) is 0 Å². The van der Waals surface area contributed by atoms with Crippen LogP contribution in [-0.2, 0) is 9.31 Å². The SMILES string of the molecule is CC(C)Oc1cc(N)cc(B2OC(C)(C)C(C)(C)O2)c1. The molecule has 1 fully saturated rings. The lowest BCUT2D eigenvalue weighted by Crippen LogP contribution is -2.41. The first-order valence-corrected chi connectivity index (χ1v) is 7.03. The van der Waals surface area contributed by atoms with E-state index in [0.717, 1.165) is 11.2 Å². The molecule has 1 saturated heterocycles. The second kappa shape index (κ2) is 4.97. The molecule has 0 unspecified atom stereocenters. The highest BCUT2D eigenvalue weighted by molar-refractivity contribution is 6.62. The lowest BCUT2D eigenvalue weighted by Gasteiger charge is -2.32. The zero-order valence-corrected chi connectivity index (χ0v) is 13.2. The van der Waals surface area contributed by atoms with Gasteiger partial charge >= 0.3 is 7.12 Å². The van der Waals surface area contributed by atoms with Gasteiger partial charge in [0.15, 0.2) is 0 Å². The maximum absolute atomic E-state index is 6.03. The number of rotatable bonds is 3. The number of hydrogen-bond acceptors (Lipinski definition) is 4. The van der Waals surface area contributed by atoms with Crippen LogP contribution in [0.2, 0.25) is 0 Å². The highest BCUT2D eigenvalue weighted by Gasteiger charge is 2.51. The van der Waals surface area contributed by atoms with Crippen molar-refractivity contribution in [2.24, 2.45) is 0 Å². The van der Waals surface area contributed by atoms with Gasteiger partial charge in [0, 0.05) is 11.8 Å². The summed E-state index contributed by atoms with van der Waals surface area (Å²) >= 11 is 0. The number of anilines is 1. The van der Waals surface area contributed by atoms with Crippen LogP contribution in [-0.4, -0.2) is 24.4 Å². The molecule has 0 saturated carbocycles. The van der Waals surface area contributed by atoms with E-state index in [1.54, 1.807) is 0 Å². The third kappa shape index (κ3) is 2.94. The van der Waals surface area contributed by atoms with Crippen molar-refractivity contribution in [3.8, 4) is 5.75 Å². The maximum atomic E-state index is 6.03. The number of nitrogens with two attached hydrogens (primary N) is 1. The minimum atomic E-state index is -0.419. The molecule has 4 nitrogen and oxygen atoms in total. The van der Waals surface area contributed by atoms with Gasteiger partial charge < -0.3 is 19.8 Å². The summed E-state index contributed by atoms with van der Waals surface area (Å²) in [5.74, 6) is 0.740. The third-order valence-electron chi connectivity index (χ3n) is 3.85. The van der Waals surface area contributed by atoms with Gasteiger partial charge in [-0.15, -0.1) is 0 Å². The second-order valence-corrected chi connectivity index (χ2v) is 6.59. The van der Waals surface area contributed by atoms with Gasteiger partial charge in [0.2, 0.25) is 0 Å². The molecular weight excluding hydrogens is 253 g/mol. The van der Waals surface area contributed by atoms with E-state index in [0.29, 0.717) is 5.69 Å². The molecule has 1 aromatic carbocycles. The van der Waals surface area contributed by atoms with Crippen LogP contribution in [0.1, 0.15) is 41.5 Å². The molecule has 0 bridgehead atoms. The quantitative estimate of drug-likeness (QED) is 0.680. The van der Waals surface area contributed by atoms with Crippen molar-refractivity contribution in [1.82, 2.24) is 0 Å². The summed E-state index contributed by atoms with van der Waals surface area (Å²) in [6.07, 6.45) is 0.1000. The van der Waals surface area contributed by atoms with E-state index < -0.39 is 7.12 Å². The van der Waals surface area contributed by atoms with E-state index in [4.69, 9.17) is 19.8 Å². The van der Waals surface area contributed by atoms with Crippen molar-refractivity contribution in [3.63, 3.8) is 0 Å². The van der Waals surface area contributed by atoms with E-state index in [1.165, 1.54) is 0 Å². The first kappa shape index (κ1) is 15.2. The van der Waals surface area contributed by atoms with Crippen LogP contribution < -0.4 is 15.9 Å². The molecule has 0 aliphatic carbocycles. The van der Waals surface area contributed by atoms with Gasteiger partial charge in [-0.25, -0.2) is 0 Å². The number of benzene rings is 1. The van der Waals surface area contributed by atoms with Crippen LogP contribution in [0.15, 0.2) is 18.2 Å². The summed E-state index contributed by atoms with van der Waals surface area (Å²) in [5, 5.41) is 0. The van der Waals surface area contributed by atoms with Gasteiger partial charge in [-0.05, 0) is 59.1 Å². The maximum Gasteiger partial charge on any atom is 0.495 e. The fourth-order valence-electron chi connectivity index (χ4n) is 2.10. The van der Waals surface area contributed by atoms with E-state index in [-0.39, 0.29) is 17.3 Å². The topological polar surface area (TPSA) is 53.7 Å². The van der Waals surface area contributed by atoms with Gasteiger partial charge in [-0.3, -0.25) is 0 Å². The zero-order valence-electron chi connectivity index (χ0n) is 13.2. The van der Waals surface area contributed by atoms with Crippen LogP contribution in [0.5, 0.6) is 5.75 Å². The minimum Gasteiger partial charge on any atom is -0.491 e. The van der Waals surface area contributed by atoms with Gasteiger partial charge in [0.25, 0.3) is 0 Å². The number of nitrogen functional groups attached to an aromatic ring is 1. The molecule has 0 atom stereocenters. The Bertz CT molecular complexity index is 484. The Kier molecular flexibility index (Phi) is 3.78. The summed E-state index contributed by atoms with van der Waals surface area (Å²) in [5.41, 5.74) is 6.76. The average molecular weight is 277 g/mol. The Morgan fingerprint density at radius 3 is 2.10 bits per heavy atom. The summed E-state index contributed by atoms with van der Waals surface area (Å²) in [4.78, 5) is 0. The van der Waals surface area contributed by atoms with E-state index in [1.807, 2.05) is 59.7 Å². The fraction of sp³-hybridized carbons (Fsp3) is 0.600. The second-order valence-electron chi connectivity index (χ2n) is 6.59. The predicted molar refractivity (Wildman–Crippen MR) is 82.3 cm³/mol. The van der Waals surface area contributed by atoms with E-state index >= 15 is 0 Å². The molecule has 0 aromatic heterocycles. The monoisotopic (exact) mass is 277 g/mol. The van der Waals surface area contributed by atoms with Gasteiger partial charge in [-0.2, -0.15) is 0 Å². The van der Waals surface area contributed by atoms with Crippen LogP contribution in [0.25, 0.3) is 0 Å². The van der Waals surface area contributed by atoms with Crippen molar-refractivity contribution in [3.05, 3.63) is 18.2 Å². The molecule has 2 N–H and O–H groups in total.